The maximum absolute atomic E-state index is 12.0. The van der Waals surface area contributed by atoms with Crippen LogP contribution in [0.4, 0.5) is 18.9 Å². The summed E-state index contributed by atoms with van der Waals surface area (Å²) in [5.74, 6) is 0. The van der Waals surface area contributed by atoms with Crippen LogP contribution in [0.2, 0.25) is 0 Å². The van der Waals surface area contributed by atoms with Gasteiger partial charge in [-0.15, -0.1) is 0 Å². The summed E-state index contributed by atoms with van der Waals surface area (Å²) < 4.78 is 35.9. The zero-order valence-electron chi connectivity index (χ0n) is 7.25. The Bertz CT molecular complexity index is 383. The van der Waals surface area contributed by atoms with Crippen molar-refractivity contribution in [3.63, 3.8) is 0 Å². The number of halogens is 4. The lowest BCUT2D eigenvalue weighted by Gasteiger charge is -2.02. The van der Waals surface area contributed by atoms with E-state index in [9.17, 15) is 18.0 Å². The Balaban J connectivity index is 2.94. The summed E-state index contributed by atoms with van der Waals surface area (Å²) in [6, 6.07) is 5.26. The molecule has 6 heteroatoms. The molecule has 0 amide bonds. The third-order valence-corrected chi connectivity index (χ3v) is 1.79. The summed E-state index contributed by atoms with van der Waals surface area (Å²) in [7, 11) is 0. The minimum absolute atomic E-state index is 0.0444. The summed E-state index contributed by atoms with van der Waals surface area (Å²) in [6.07, 6.45) is -4.07. The molecule has 0 aliphatic rings. The number of alkyl halides is 3. The molecule has 0 radical (unpaired) electrons. The topological polar surface area (TPSA) is 29.4 Å². The van der Waals surface area contributed by atoms with E-state index in [2.05, 4.69) is 4.99 Å². The third kappa shape index (κ3) is 3.36. The number of aliphatic imine (C=N–C) groups is 1. The van der Waals surface area contributed by atoms with Gasteiger partial charge in [-0.05, 0) is 24.3 Å². The number of carbonyl (C=O) groups is 1. The number of aldehydes is 1. The molecule has 0 aromatic heterocycles. The molecule has 0 saturated carbocycles. The number of hydrogen-bond acceptors (Lipinski definition) is 2. The number of benzene rings is 1. The molecule has 0 heterocycles. The first-order chi connectivity index (χ1) is 6.93. The molecule has 0 N–H and O–H groups in total. The van der Waals surface area contributed by atoms with Crippen molar-refractivity contribution in [1.82, 2.24) is 0 Å². The molecule has 0 fully saturated rings. The predicted molar refractivity (Wildman–Crippen MR) is 50.8 cm³/mol. The number of hydrogen-bond donors (Lipinski definition) is 0. The molecule has 0 saturated heterocycles. The summed E-state index contributed by atoms with van der Waals surface area (Å²) in [5, 5.41) is -1.44. The van der Waals surface area contributed by atoms with E-state index in [0.29, 0.717) is 11.8 Å². The fraction of sp³-hybridized carbons (Fsp3) is 0.111. The second kappa shape index (κ2) is 4.44. The molecule has 1 aromatic rings. The Kier molecular flexibility index (Phi) is 3.47. The maximum atomic E-state index is 12.0. The minimum atomic E-state index is -4.65. The molecule has 15 heavy (non-hydrogen) atoms. The zero-order chi connectivity index (χ0) is 11.5. The smallest absolute Gasteiger partial charge is 0.298 e. The quantitative estimate of drug-likeness (QED) is 0.571. The molecule has 1 rings (SSSR count). The van der Waals surface area contributed by atoms with Crippen LogP contribution in [0.5, 0.6) is 0 Å². The van der Waals surface area contributed by atoms with Crippen LogP contribution in [0.15, 0.2) is 29.3 Å². The van der Waals surface area contributed by atoms with Gasteiger partial charge in [0.15, 0.2) is 0 Å². The highest BCUT2D eigenvalue weighted by Gasteiger charge is 2.34. The Morgan fingerprint density at radius 1 is 1.27 bits per heavy atom. The van der Waals surface area contributed by atoms with Gasteiger partial charge in [0.1, 0.15) is 6.29 Å². The van der Waals surface area contributed by atoms with E-state index in [1.807, 2.05) is 0 Å². The Hall–Kier alpha value is -1.36. The monoisotopic (exact) mass is 235 g/mol. The standard InChI is InChI=1S/C9H5ClF3NO/c10-8(9(11,12)13)14-7-3-1-6(5-15)2-4-7/h1-5H. The molecule has 1 aromatic carbocycles. The van der Waals surface area contributed by atoms with Crippen LogP contribution in [0, 0.1) is 0 Å². The zero-order valence-corrected chi connectivity index (χ0v) is 8.01. The van der Waals surface area contributed by atoms with E-state index in [4.69, 9.17) is 11.6 Å². The van der Waals surface area contributed by atoms with Gasteiger partial charge >= 0.3 is 6.18 Å². The van der Waals surface area contributed by atoms with Gasteiger partial charge in [-0.2, -0.15) is 13.2 Å². The van der Waals surface area contributed by atoms with Gasteiger partial charge in [-0.1, -0.05) is 11.6 Å². The van der Waals surface area contributed by atoms with Gasteiger partial charge in [0, 0.05) is 5.56 Å². The van der Waals surface area contributed by atoms with E-state index in [0.717, 1.165) is 0 Å². The normalized spacial score (nSPS) is 12.7. The van der Waals surface area contributed by atoms with Gasteiger partial charge in [-0.25, -0.2) is 4.99 Å². The van der Waals surface area contributed by atoms with Crippen LogP contribution in [-0.2, 0) is 0 Å². The first kappa shape index (κ1) is 11.7. The largest absolute Gasteiger partial charge is 0.444 e. The fourth-order valence-electron chi connectivity index (χ4n) is 0.804. The van der Waals surface area contributed by atoms with Crippen LogP contribution in [0.3, 0.4) is 0 Å². The molecule has 0 aliphatic heterocycles. The van der Waals surface area contributed by atoms with Gasteiger partial charge in [0.05, 0.1) is 5.69 Å². The second-order valence-corrected chi connectivity index (χ2v) is 2.97. The molecular formula is C9H5ClF3NO. The van der Waals surface area contributed by atoms with Crippen molar-refractivity contribution in [2.45, 2.75) is 6.18 Å². The summed E-state index contributed by atoms with van der Waals surface area (Å²) >= 11 is 4.92. The number of nitrogens with zero attached hydrogens (tertiary/aromatic N) is 1. The van der Waals surface area contributed by atoms with Crippen LogP contribution >= 0.6 is 11.6 Å². The highest BCUT2D eigenvalue weighted by Crippen LogP contribution is 2.23. The van der Waals surface area contributed by atoms with Crippen molar-refractivity contribution in [1.29, 1.82) is 0 Å². The van der Waals surface area contributed by atoms with Crippen LogP contribution in [0.25, 0.3) is 0 Å². The van der Waals surface area contributed by atoms with E-state index in [-0.39, 0.29) is 5.69 Å². The lowest BCUT2D eigenvalue weighted by Crippen LogP contribution is -2.16. The van der Waals surface area contributed by atoms with E-state index in [1.165, 1.54) is 24.3 Å². The number of rotatable bonds is 2. The van der Waals surface area contributed by atoms with Crippen molar-refractivity contribution in [3.8, 4) is 0 Å². The molecule has 80 valence electrons. The lowest BCUT2D eigenvalue weighted by atomic mass is 10.2. The predicted octanol–water partition coefficient (Wildman–Crippen LogP) is 3.33. The van der Waals surface area contributed by atoms with Crippen LogP contribution in [-0.4, -0.2) is 17.6 Å². The Morgan fingerprint density at radius 3 is 2.20 bits per heavy atom. The van der Waals surface area contributed by atoms with Crippen molar-refractivity contribution in [2.75, 3.05) is 0 Å². The summed E-state index contributed by atoms with van der Waals surface area (Å²) in [4.78, 5) is 13.4. The van der Waals surface area contributed by atoms with Crippen LogP contribution < -0.4 is 0 Å². The van der Waals surface area contributed by atoms with Crippen molar-refractivity contribution >= 4 is 28.7 Å². The highest BCUT2D eigenvalue weighted by molar-refractivity contribution is 6.67. The van der Waals surface area contributed by atoms with Crippen molar-refractivity contribution in [2.24, 2.45) is 4.99 Å². The fourth-order valence-corrected chi connectivity index (χ4v) is 0.902. The molecule has 0 aliphatic carbocycles. The van der Waals surface area contributed by atoms with E-state index in [1.54, 1.807) is 0 Å². The van der Waals surface area contributed by atoms with Crippen molar-refractivity contribution in [3.05, 3.63) is 29.8 Å². The van der Waals surface area contributed by atoms with Gasteiger partial charge < -0.3 is 0 Å². The molecule has 0 spiro atoms. The molecule has 0 atom stereocenters. The van der Waals surface area contributed by atoms with Gasteiger partial charge in [0.25, 0.3) is 0 Å². The van der Waals surface area contributed by atoms with Crippen LogP contribution in [0.1, 0.15) is 10.4 Å². The molecule has 0 unspecified atom stereocenters. The first-order valence-corrected chi connectivity index (χ1v) is 4.18. The Labute approximate surface area is 88.4 Å². The third-order valence-electron chi connectivity index (χ3n) is 1.49. The van der Waals surface area contributed by atoms with E-state index >= 15 is 0 Å². The van der Waals surface area contributed by atoms with Gasteiger partial charge in [0.2, 0.25) is 5.17 Å². The SMILES string of the molecule is O=Cc1ccc(N=C(Cl)C(F)(F)F)cc1. The van der Waals surface area contributed by atoms with Crippen molar-refractivity contribution < 1.29 is 18.0 Å². The number of carbonyl (C=O) groups excluding carboxylic acids is 1. The minimum Gasteiger partial charge on any atom is -0.298 e. The highest BCUT2D eigenvalue weighted by atomic mass is 35.5. The first-order valence-electron chi connectivity index (χ1n) is 3.80. The Morgan fingerprint density at radius 2 is 1.80 bits per heavy atom. The van der Waals surface area contributed by atoms with E-state index < -0.39 is 11.3 Å². The summed E-state index contributed by atoms with van der Waals surface area (Å²) in [5.41, 5.74) is 0.403. The maximum Gasteiger partial charge on any atom is 0.444 e. The molecule has 0 bridgehead atoms. The summed E-state index contributed by atoms with van der Waals surface area (Å²) in [6.45, 7) is 0. The molecular weight excluding hydrogens is 231 g/mol. The average molecular weight is 236 g/mol. The average Bonchev–Trinajstić information content (AvgIpc) is 2.17. The second-order valence-electron chi connectivity index (χ2n) is 2.61. The van der Waals surface area contributed by atoms with Gasteiger partial charge in [-0.3, -0.25) is 4.79 Å². The molecule has 2 nitrogen and oxygen atoms in total. The lowest BCUT2D eigenvalue weighted by molar-refractivity contribution is -0.0558.